The van der Waals surface area contributed by atoms with E-state index in [1.165, 1.54) is 18.6 Å². The predicted molar refractivity (Wildman–Crippen MR) is 43.4 cm³/mol. The summed E-state index contributed by atoms with van der Waals surface area (Å²) in [4.78, 5) is 0. The summed E-state index contributed by atoms with van der Waals surface area (Å²) >= 11 is 0. The normalized spacial score (nSPS) is 27.8. The molecule has 0 aliphatic carbocycles. The van der Waals surface area contributed by atoms with E-state index in [0.717, 1.165) is 0 Å². The van der Waals surface area contributed by atoms with E-state index in [1.807, 2.05) is 21.6 Å². The second-order valence-corrected chi connectivity index (χ2v) is 5.89. The molecule has 0 aromatic rings. The fourth-order valence-electron chi connectivity index (χ4n) is 0.800. The van der Waals surface area contributed by atoms with E-state index in [0.29, 0.717) is 4.75 Å². The van der Waals surface area contributed by atoms with Crippen LogP contribution in [0.5, 0.6) is 0 Å². The maximum Gasteiger partial charge on any atom is 0.0207 e. The topological polar surface area (TPSA) is 0 Å². The molecule has 0 aromatic carbocycles. The minimum Gasteiger partial charge on any atom is -0.0936 e. The molecule has 1 rings (SSSR count). The van der Waals surface area contributed by atoms with E-state index in [9.17, 15) is 0 Å². The highest BCUT2D eigenvalue weighted by molar-refractivity contribution is 8.77. The lowest BCUT2D eigenvalue weighted by molar-refractivity contribution is 0.630. The molecule has 1 aliphatic rings. The Labute approximate surface area is 59.2 Å². The molecule has 0 atom stereocenters. The van der Waals surface area contributed by atoms with Crippen molar-refractivity contribution < 1.29 is 0 Å². The first kappa shape index (κ1) is 6.81. The van der Waals surface area contributed by atoms with Gasteiger partial charge in [0.05, 0.1) is 0 Å². The first-order valence-corrected chi connectivity index (χ1v) is 5.33. The zero-order chi connectivity index (χ0) is 6.04. The molecule has 2 heteroatoms. The summed E-state index contributed by atoms with van der Waals surface area (Å²) < 4.78 is 0.558. The average molecular weight is 148 g/mol. The summed E-state index contributed by atoms with van der Waals surface area (Å²) in [5.41, 5.74) is 0. The van der Waals surface area contributed by atoms with Crippen molar-refractivity contribution in [1.82, 2.24) is 0 Å². The summed E-state index contributed by atoms with van der Waals surface area (Å²) in [6.07, 6.45) is 2.80. The van der Waals surface area contributed by atoms with Crippen molar-refractivity contribution in [1.29, 1.82) is 0 Å². The zero-order valence-electron chi connectivity index (χ0n) is 5.44. The Morgan fingerprint density at radius 1 is 1.38 bits per heavy atom. The summed E-state index contributed by atoms with van der Waals surface area (Å²) in [5, 5.41) is 0. The number of hydrogen-bond acceptors (Lipinski definition) is 2. The number of rotatable bonds is 0. The van der Waals surface area contributed by atoms with Gasteiger partial charge in [0.2, 0.25) is 0 Å². The van der Waals surface area contributed by atoms with Crippen LogP contribution in [0.2, 0.25) is 0 Å². The van der Waals surface area contributed by atoms with Crippen molar-refractivity contribution in [2.45, 2.75) is 31.4 Å². The molecule has 0 nitrogen and oxygen atoms in total. The van der Waals surface area contributed by atoms with Gasteiger partial charge >= 0.3 is 0 Å². The minimum atomic E-state index is 0.558. The predicted octanol–water partition coefficient (Wildman–Crippen LogP) is 2.94. The summed E-state index contributed by atoms with van der Waals surface area (Å²) in [5.74, 6) is 1.36. The van der Waals surface area contributed by atoms with Crippen LogP contribution in [0.4, 0.5) is 0 Å². The van der Waals surface area contributed by atoms with E-state index in [2.05, 4.69) is 13.8 Å². The van der Waals surface area contributed by atoms with Gasteiger partial charge in [-0.2, -0.15) is 0 Å². The maximum atomic E-state index is 2.32. The van der Waals surface area contributed by atoms with Crippen LogP contribution in [0, 0.1) is 0 Å². The molecule has 48 valence electrons. The van der Waals surface area contributed by atoms with E-state index in [4.69, 9.17) is 0 Å². The Hall–Kier alpha value is 0.700. The van der Waals surface area contributed by atoms with Crippen molar-refractivity contribution in [3.63, 3.8) is 0 Å². The molecule has 0 saturated carbocycles. The van der Waals surface area contributed by atoms with E-state index < -0.39 is 0 Å². The minimum absolute atomic E-state index is 0.558. The maximum absolute atomic E-state index is 2.32. The van der Waals surface area contributed by atoms with Gasteiger partial charge in [0.15, 0.2) is 0 Å². The lowest BCUT2D eigenvalue weighted by Crippen LogP contribution is -2.16. The first-order chi connectivity index (χ1) is 3.71. The van der Waals surface area contributed by atoms with Crippen molar-refractivity contribution >= 4 is 21.6 Å². The van der Waals surface area contributed by atoms with Gasteiger partial charge in [-0.15, -0.1) is 0 Å². The van der Waals surface area contributed by atoms with Crippen molar-refractivity contribution in [3.05, 3.63) is 0 Å². The van der Waals surface area contributed by atoms with Gasteiger partial charge in [-0.25, -0.2) is 0 Å². The van der Waals surface area contributed by atoms with Crippen LogP contribution in [0.25, 0.3) is 0 Å². The Morgan fingerprint density at radius 3 is 2.38 bits per heavy atom. The van der Waals surface area contributed by atoms with Gasteiger partial charge in [-0.05, 0) is 26.7 Å². The molecule has 0 amide bonds. The molecule has 1 saturated heterocycles. The summed E-state index contributed by atoms with van der Waals surface area (Å²) in [6.45, 7) is 4.65. The van der Waals surface area contributed by atoms with Gasteiger partial charge in [0, 0.05) is 10.5 Å². The molecule has 0 aromatic heterocycles. The highest BCUT2D eigenvalue weighted by Crippen LogP contribution is 2.43. The largest absolute Gasteiger partial charge is 0.0936 e. The van der Waals surface area contributed by atoms with Crippen LogP contribution < -0.4 is 0 Å². The monoisotopic (exact) mass is 148 g/mol. The third kappa shape index (κ3) is 1.90. The Morgan fingerprint density at radius 2 is 2.12 bits per heavy atom. The van der Waals surface area contributed by atoms with E-state index in [-0.39, 0.29) is 0 Å². The Kier molecular flexibility index (Phi) is 2.15. The van der Waals surface area contributed by atoms with E-state index >= 15 is 0 Å². The van der Waals surface area contributed by atoms with Gasteiger partial charge < -0.3 is 0 Å². The molecule has 0 radical (unpaired) electrons. The first-order valence-electron chi connectivity index (χ1n) is 3.01. The van der Waals surface area contributed by atoms with Crippen molar-refractivity contribution in [2.75, 3.05) is 5.75 Å². The lowest BCUT2D eigenvalue weighted by atomic mass is 10.1. The van der Waals surface area contributed by atoms with Crippen molar-refractivity contribution in [3.8, 4) is 0 Å². The van der Waals surface area contributed by atoms with Gasteiger partial charge in [-0.3, -0.25) is 0 Å². The molecule has 0 spiro atoms. The van der Waals surface area contributed by atoms with Gasteiger partial charge in [0.1, 0.15) is 0 Å². The van der Waals surface area contributed by atoms with Crippen LogP contribution >= 0.6 is 21.6 Å². The average Bonchev–Trinajstić information content (AvgIpc) is 1.65. The standard InChI is InChI=1S/C6H12S2/c1-6(2)4-3-5-7-8-6/h3-5H2,1-2H3. The number of hydrogen-bond donors (Lipinski definition) is 0. The Bertz CT molecular complexity index is 70.6. The highest BCUT2D eigenvalue weighted by atomic mass is 33.1. The third-order valence-corrected chi connectivity index (χ3v) is 4.73. The fourth-order valence-corrected chi connectivity index (χ4v) is 3.50. The van der Waals surface area contributed by atoms with Gasteiger partial charge in [0.25, 0.3) is 0 Å². The third-order valence-electron chi connectivity index (χ3n) is 1.29. The Balaban J connectivity index is 2.33. The fraction of sp³-hybridized carbons (Fsp3) is 1.00. The molecule has 0 N–H and O–H groups in total. The zero-order valence-corrected chi connectivity index (χ0v) is 7.07. The smallest absolute Gasteiger partial charge is 0.0207 e. The summed E-state index contributed by atoms with van der Waals surface area (Å²) in [7, 11) is 4.06. The second-order valence-electron chi connectivity index (χ2n) is 2.77. The lowest BCUT2D eigenvalue weighted by Gasteiger charge is -2.27. The molecule has 1 heterocycles. The molecule has 1 aliphatic heterocycles. The molecule has 0 bridgehead atoms. The van der Waals surface area contributed by atoms with Crippen LogP contribution in [-0.2, 0) is 0 Å². The SMILES string of the molecule is CC1(C)CCCSS1. The van der Waals surface area contributed by atoms with E-state index in [1.54, 1.807) is 0 Å². The van der Waals surface area contributed by atoms with Crippen LogP contribution in [0.3, 0.4) is 0 Å². The molecule has 0 unspecified atom stereocenters. The van der Waals surface area contributed by atoms with Gasteiger partial charge in [-0.1, -0.05) is 21.6 Å². The quantitative estimate of drug-likeness (QED) is 0.484. The molecule has 1 fully saturated rings. The molecular formula is C6H12S2. The highest BCUT2D eigenvalue weighted by Gasteiger charge is 2.21. The van der Waals surface area contributed by atoms with Crippen molar-refractivity contribution in [2.24, 2.45) is 0 Å². The van der Waals surface area contributed by atoms with Crippen LogP contribution in [0.15, 0.2) is 0 Å². The molecular weight excluding hydrogens is 136 g/mol. The van der Waals surface area contributed by atoms with Crippen LogP contribution in [0.1, 0.15) is 26.7 Å². The summed E-state index contributed by atoms with van der Waals surface area (Å²) in [6, 6.07) is 0. The van der Waals surface area contributed by atoms with Crippen LogP contribution in [-0.4, -0.2) is 10.5 Å². The molecule has 8 heavy (non-hydrogen) atoms. The second kappa shape index (κ2) is 2.53.